The lowest BCUT2D eigenvalue weighted by molar-refractivity contribution is -0.136. The van der Waals surface area contributed by atoms with Crippen LogP contribution < -0.4 is 4.74 Å². The summed E-state index contributed by atoms with van der Waals surface area (Å²) in [5, 5.41) is 9.19. The Morgan fingerprint density at radius 3 is 2.05 bits per heavy atom. The number of carbonyl (C=O) groups is 1. The van der Waals surface area contributed by atoms with E-state index in [1.54, 1.807) is 0 Å². The van der Waals surface area contributed by atoms with Crippen molar-refractivity contribution in [3.8, 4) is 5.75 Å². The van der Waals surface area contributed by atoms with Crippen molar-refractivity contribution >= 4 is 5.97 Å². The van der Waals surface area contributed by atoms with Crippen molar-refractivity contribution in [3.63, 3.8) is 0 Å². The zero-order valence-corrected chi connectivity index (χ0v) is 14.3. The predicted octanol–water partition coefficient (Wildman–Crippen LogP) is 4.31. The lowest BCUT2D eigenvalue weighted by atomic mass is 9.78. The summed E-state index contributed by atoms with van der Waals surface area (Å²) < 4.78 is 5.80. The van der Waals surface area contributed by atoms with Crippen LogP contribution in [0.5, 0.6) is 5.75 Å². The molecule has 0 atom stereocenters. The van der Waals surface area contributed by atoms with E-state index in [2.05, 4.69) is 47.6 Å². The van der Waals surface area contributed by atoms with Crippen LogP contribution in [0.2, 0.25) is 0 Å². The van der Waals surface area contributed by atoms with Crippen LogP contribution in [-0.4, -0.2) is 17.7 Å². The first-order valence-electron chi connectivity index (χ1n) is 7.49. The molecule has 0 aliphatic carbocycles. The Balaban J connectivity index is 3.61. The van der Waals surface area contributed by atoms with Crippen LogP contribution in [-0.2, 0) is 22.0 Å². The minimum absolute atomic E-state index is 0.0116. The topological polar surface area (TPSA) is 46.5 Å². The van der Waals surface area contributed by atoms with Crippen molar-refractivity contribution < 1.29 is 14.6 Å². The van der Waals surface area contributed by atoms with Gasteiger partial charge in [-0.1, -0.05) is 53.7 Å². The number of carboxylic acids is 1. The number of aliphatic carboxylic acids is 1. The first-order valence-corrected chi connectivity index (χ1v) is 7.49. The van der Waals surface area contributed by atoms with Crippen LogP contribution in [0, 0.1) is 0 Å². The molecule has 1 N–H and O–H groups in total. The summed E-state index contributed by atoms with van der Waals surface area (Å²) in [5.41, 5.74) is 2.86. The lowest BCUT2D eigenvalue weighted by Gasteiger charge is -2.29. The van der Waals surface area contributed by atoms with Crippen molar-refractivity contribution in [1.82, 2.24) is 0 Å². The maximum Gasteiger partial charge on any atom is 0.307 e. The van der Waals surface area contributed by atoms with Crippen LogP contribution in [0.25, 0.3) is 0 Å². The van der Waals surface area contributed by atoms with E-state index in [1.165, 1.54) is 0 Å². The van der Waals surface area contributed by atoms with Gasteiger partial charge in [-0.3, -0.25) is 4.79 Å². The van der Waals surface area contributed by atoms with Gasteiger partial charge in [-0.25, -0.2) is 0 Å². The molecular weight excluding hydrogens is 264 g/mol. The highest BCUT2D eigenvalue weighted by Gasteiger charge is 2.26. The summed E-state index contributed by atoms with van der Waals surface area (Å²) in [5.74, 6) is -0.0951. The standard InChI is InChI=1S/C18H28O3/c1-8-21-16-12(10-15(19)20)9-13(17(2,3)4)11-14(16)18(5,6)7/h9,11H,8,10H2,1-7H3,(H,19,20). The van der Waals surface area contributed by atoms with Crippen molar-refractivity contribution in [2.45, 2.75) is 65.7 Å². The van der Waals surface area contributed by atoms with Crippen molar-refractivity contribution in [3.05, 3.63) is 28.8 Å². The average molecular weight is 292 g/mol. The van der Waals surface area contributed by atoms with Gasteiger partial charge in [-0.05, 0) is 23.3 Å². The summed E-state index contributed by atoms with van der Waals surface area (Å²) in [6.45, 7) is 15.3. The minimum Gasteiger partial charge on any atom is -0.493 e. The molecule has 0 heterocycles. The van der Waals surface area contributed by atoms with E-state index < -0.39 is 5.97 Å². The van der Waals surface area contributed by atoms with Crippen LogP contribution in [0.1, 0.15) is 65.2 Å². The highest BCUT2D eigenvalue weighted by Crippen LogP contribution is 2.38. The molecule has 0 aliphatic heterocycles. The zero-order valence-electron chi connectivity index (χ0n) is 14.3. The Labute approximate surface area is 128 Å². The first-order chi connectivity index (χ1) is 9.46. The average Bonchev–Trinajstić information content (AvgIpc) is 2.27. The minimum atomic E-state index is -0.832. The molecule has 21 heavy (non-hydrogen) atoms. The van der Waals surface area contributed by atoms with E-state index in [4.69, 9.17) is 4.74 Å². The molecule has 118 valence electrons. The smallest absolute Gasteiger partial charge is 0.307 e. The van der Waals surface area contributed by atoms with Gasteiger partial charge in [-0.15, -0.1) is 0 Å². The number of hydrogen-bond acceptors (Lipinski definition) is 2. The van der Waals surface area contributed by atoms with Gasteiger partial charge in [0.25, 0.3) is 0 Å². The SMILES string of the molecule is CCOc1c(CC(=O)O)cc(C(C)(C)C)cc1C(C)(C)C. The monoisotopic (exact) mass is 292 g/mol. The fourth-order valence-corrected chi connectivity index (χ4v) is 2.29. The van der Waals surface area contributed by atoms with Gasteiger partial charge < -0.3 is 9.84 Å². The molecule has 0 aliphatic rings. The maximum atomic E-state index is 11.2. The Morgan fingerprint density at radius 2 is 1.67 bits per heavy atom. The Bertz CT molecular complexity index is 516. The van der Waals surface area contributed by atoms with Gasteiger partial charge in [0.1, 0.15) is 5.75 Å². The molecule has 0 unspecified atom stereocenters. The molecule has 0 radical (unpaired) electrons. The number of benzene rings is 1. The highest BCUT2D eigenvalue weighted by molar-refractivity contribution is 5.72. The summed E-state index contributed by atoms with van der Waals surface area (Å²) >= 11 is 0. The Morgan fingerprint density at radius 1 is 1.10 bits per heavy atom. The largest absolute Gasteiger partial charge is 0.493 e. The predicted molar refractivity (Wildman–Crippen MR) is 86.4 cm³/mol. The van der Waals surface area contributed by atoms with E-state index in [9.17, 15) is 9.90 Å². The lowest BCUT2D eigenvalue weighted by Crippen LogP contribution is -2.20. The molecule has 0 spiro atoms. The van der Waals surface area contributed by atoms with Gasteiger partial charge in [0, 0.05) is 11.1 Å². The van der Waals surface area contributed by atoms with Gasteiger partial charge in [0.15, 0.2) is 0 Å². The van der Waals surface area contributed by atoms with Crippen LogP contribution in [0.3, 0.4) is 0 Å². The molecule has 1 aromatic rings. The van der Waals surface area contributed by atoms with Gasteiger partial charge >= 0.3 is 5.97 Å². The maximum absolute atomic E-state index is 11.2. The molecule has 0 aromatic heterocycles. The van der Waals surface area contributed by atoms with E-state index in [0.29, 0.717) is 6.61 Å². The second-order valence-electron chi connectivity index (χ2n) is 7.52. The van der Waals surface area contributed by atoms with Crippen LogP contribution >= 0.6 is 0 Å². The fourth-order valence-electron chi connectivity index (χ4n) is 2.29. The Hall–Kier alpha value is -1.51. The molecule has 0 bridgehead atoms. The van der Waals surface area contributed by atoms with Crippen LogP contribution in [0.4, 0.5) is 0 Å². The molecule has 0 saturated heterocycles. The molecule has 0 amide bonds. The van der Waals surface area contributed by atoms with E-state index in [1.807, 2.05) is 13.0 Å². The van der Waals surface area contributed by atoms with Crippen molar-refractivity contribution in [1.29, 1.82) is 0 Å². The molecule has 0 saturated carbocycles. The fraction of sp³-hybridized carbons (Fsp3) is 0.611. The quantitative estimate of drug-likeness (QED) is 0.899. The molecule has 1 aromatic carbocycles. The number of rotatable bonds is 4. The second-order valence-corrected chi connectivity index (χ2v) is 7.52. The third kappa shape index (κ3) is 4.48. The third-order valence-corrected chi connectivity index (χ3v) is 3.47. The van der Waals surface area contributed by atoms with Crippen molar-refractivity contribution in [2.75, 3.05) is 6.61 Å². The molecule has 3 nitrogen and oxygen atoms in total. The summed E-state index contributed by atoms with van der Waals surface area (Å²) in [6.07, 6.45) is -0.0116. The second kappa shape index (κ2) is 6.08. The molecule has 0 fully saturated rings. The van der Waals surface area contributed by atoms with Gasteiger partial charge in [0.05, 0.1) is 13.0 Å². The van der Waals surface area contributed by atoms with Gasteiger partial charge in [-0.2, -0.15) is 0 Å². The van der Waals surface area contributed by atoms with E-state index in [0.717, 1.165) is 22.4 Å². The van der Waals surface area contributed by atoms with E-state index in [-0.39, 0.29) is 17.3 Å². The third-order valence-electron chi connectivity index (χ3n) is 3.47. The molecular formula is C18H28O3. The first kappa shape index (κ1) is 17.5. The summed E-state index contributed by atoms with van der Waals surface area (Å²) in [4.78, 5) is 11.2. The zero-order chi connectivity index (χ0) is 16.4. The number of hydrogen-bond donors (Lipinski definition) is 1. The van der Waals surface area contributed by atoms with Crippen molar-refractivity contribution in [2.24, 2.45) is 0 Å². The summed E-state index contributed by atoms with van der Waals surface area (Å²) in [7, 11) is 0. The molecule has 3 heteroatoms. The van der Waals surface area contributed by atoms with Crippen LogP contribution in [0.15, 0.2) is 12.1 Å². The van der Waals surface area contributed by atoms with E-state index >= 15 is 0 Å². The number of carboxylic acid groups (broad SMARTS) is 1. The Kier molecular flexibility index (Phi) is 5.08. The molecule has 1 rings (SSSR count). The van der Waals surface area contributed by atoms with Gasteiger partial charge in [0.2, 0.25) is 0 Å². The normalized spacial score (nSPS) is 12.3. The summed E-state index contributed by atoms with van der Waals surface area (Å²) in [6, 6.07) is 4.14. The number of ether oxygens (including phenoxy) is 1. The highest BCUT2D eigenvalue weighted by atomic mass is 16.5.